The average Bonchev–Trinajstić information content (AvgIpc) is 2.01. The summed E-state index contributed by atoms with van der Waals surface area (Å²) in [6, 6.07) is 3.99. The van der Waals surface area contributed by atoms with Crippen LogP contribution in [0.2, 0.25) is 0 Å². The predicted molar refractivity (Wildman–Crippen MR) is 53.3 cm³/mol. The molecule has 1 rings (SSSR count). The molecule has 0 saturated carbocycles. The van der Waals surface area contributed by atoms with Crippen molar-refractivity contribution in [1.82, 2.24) is 0 Å². The normalized spacial score (nSPS) is 9.86. The molecule has 5 heteroatoms. The molecule has 0 aliphatic carbocycles. The first-order valence-electron chi connectivity index (χ1n) is 4.05. The Morgan fingerprint density at radius 1 is 1.57 bits per heavy atom. The minimum Gasteiger partial charge on any atom is -0.397 e. The molecule has 0 radical (unpaired) electrons. The van der Waals surface area contributed by atoms with Gasteiger partial charge in [0.1, 0.15) is 5.82 Å². The quantitative estimate of drug-likeness (QED) is 0.686. The van der Waals surface area contributed by atoms with E-state index in [0.717, 1.165) is 0 Å². The number of carbonyl (C=O) groups excluding carboxylic acids is 1. The molecule has 4 N–H and O–H groups in total. The van der Waals surface area contributed by atoms with Crippen LogP contribution in [0.5, 0.6) is 0 Å². The summed E-state index contributed by atoms with van der Waals surface area (Å²) in [5, 5.41) is 0. The van der Waals surface area contributed by atoms with Gasteiger partial charge in [-0.25, -0.2) is 4.39 Å². The summed E-state index contributed by atoms with van der Waals surface area (Å²) in [6.45, 7) is 0.0514. The van der Waals surface area contributed by atoms with Crippen molar-refractivity contribution in [3.05, 3.63) is 24.0 Å². The molecule has 0 spiro atoms. The van der Waals surface area contributed by atoms with E-state index in [1.54, 1.807) is 11.9 Å². The second-order valence-corrected chi connectivity index (χ2v) is 3.03. The highest BCUT2D eigenvalue weighted by atomic mass is 19.1. The van der Waals surface area contributed by atoms with Crippen molar-refractivity contribution in [1.29, 1.82) is 0 Å². The molecule has 0 atom stereocenters. The largest absolute Gasteiger partial charge is 0.397 e. The van der Waals surface area contributed by atoms with Gasteiger partial charge in [0.25, 0.3) is 0 Å². The van der Waals surface area contributed by atoms with Crippen molar-refractivity contribution in [3.63, 3.8) is 0 Å². The highest BCUT2D eigenvalue weighted by Gasteiger charge is 2.07. The summed E-state index contributed by atoms with van der Waals surface area (Å²) in [4.78, 5) is 12.2. The van der Waals surface area contributed by atoms with E-state index in [-0.39, 0.29) is 12.2 Å². The molecule has 0 aliphatic heterocycles. The number of anilines is 2. The van der Waals surface area contributed by atoms with Gasteiger partial charge in [0.05, 0.1) is 17.9 Å². The number of primary amides is 1. The molecule has 1 aromatic carbocycles. The maximum atomic E-state index is 12.7. The third kappa shape index (κ3) is 2.35. The van der Waals surface area contributed by atoms with Crippen LogP contribution in [0.25, 0.3) is 0 Å². The number of halogens is 1. The maximum Gasteiger partial charge on any atom is 0.236 e. The molecule has 0 saturated heterocycles. The fourth-order valence-electron chi connectivity index (χ4n) is 1.19. The topological polar surface area (TPSA) is 72.3 Å². The van der Waals surface area contributed by atoms with Gasteiger partial charge in [-0.15, -0.1) is 0 Å². The number of likely N-dealkylation sites (N-methyl/N-ethyl adjacent to an activating group) is 1. The second kappa shape index (κ2) is 3.95. The van der Waals surface area contributed by atoms with Gasteiger partial charge < -0.3 is 16.4 Å². The predicted octanol–water partition coefficient (Wildman–Crippen LogP) is 0.329. The van der Waals surface area contributed by atoms with E-state index in [4.69, 9.17) is 11.5 Å². The number of hydrogen-bond acceptors (Lipinski definition) is 3. The van der Waals surface area contributed by atoms with Crippen LogP contribution in [0.15, 0.2) is 18.2 Å². The zero-order valence-corrected chi connectivity index (χ0v) is 7.83. The average molecular weight is 197 g/mol. The third-order valence-electron chi connectivity index (χ3n) is 1.79. The minimum absolute atomic E-state index is 0.0514. The van der Waals surface area contributed by atoms with Gasteiger partial charge in [-0.2, -0.15) is 0 Å². The zero-order chi connectivity index (χ0) is 10.7. The van der Waals surface area contributed by atoms with Crippen LogP contribution in [0.4, 0.5) is 15.8 Å². The lowest BCUT2D eigenvalue weighted by molar-refractivity contribution is -0.116. The molecule has 0 fully saturated rings. The summed E-state index contributed by atoms with van der Waals surface area (Å²) in [5.74, 6) is -0.866. The summed E-state index contributed by atoms with van der Waals surface area (Å²) < 4.78 is 12.7. The smallest absolute Gasteiger partial charge is 0.236 e. The molecular weight excluding hydrogens is 185 g/mol. The Hall–Kier alpha value is -1.78. The molecule has 76 valence electrons. The van der Waals surface area contributed by atoms with E-state index in [0.29, 0.717) is 5.69 Å². The van der Waals surface area contributed by atoms with E-state index in [1.807, 2.05) is 0 Å². The number of nitrogens with zero attached hydrogens (tertiary/aromatic N) is 1. The first kappa shape index (κ1) is 10.3. The molecule has 0 aromatic heterocycles. The molecule has 0 unspecified atom stereocenters. The van der Waals surface area contributed by atoms with E-state index >= 15 is 0 Å². The fraction of sp³-hybridized carbons (Fsp3) is 0.222. The summed E-state index contributed by atoms with van der Waals surface area (Å²) in [5.41, 5.74) is 11.5. The molecule has 0 heterocycles. The highest BCUT2D eigenvalue weighted by molar-refractivity contribution is 5.81. The SMILES string of the molecule is CN(CC(N)=O)c1ccc(F)cc1N. The number of amides is 1. The summed E-state index contributed by atoms with van der Waals surface area (Å²) in [7, 11) is 1.66. The van der Waals surface area contributed by atoms with Crippen LogP contribution in [0.3, 0.4) is 0 Å². The van der Waals surface area contributed by atoms with Gasteiger partial charge in [-0.1, -0.05) is 0 Å². The van der Waals surface area contributed by atoms with Gasteiger partial charge in [-0.05, 0) is 18.2 Å². The molecule has 0 aliphatic rings. The fourth-order valence-corrected chi connectivity index (χ4v) is 1.19. The lowest BCUT2D eigenvalue weighted by atomic mass is 10.2. The van der Waals surface area contributed by atoms with Gasteiger partial charge in [0.2, 0.25) is 5.91 Å². The van der Waals surface area contributed by atoms with Crippen molar-refractivity contribution in [2.45, 2.75) is 0 Å². The number of nitrogen functional groups attached to an aromatic ring is 1. The molecule has 1 aromatic rings. The lowest BCUT2D eigenvalue weighted by Gasteiger charge is -2.18. The van der Waals surface area contributed by atoms with Crippen LogP contribution < -0.4 is 16.4 Å². The molecule has 14 heavy (non-hydrogen) atoms. The zero-order valence-electron chi connectivity index (χ0n) is 7.83. The Morgan fingerprint density at radius 2 is 2.21 bits per heavy atom. The monoisotopic (exact) mass is 197 g/mol. The first-order valence-corrected chi connectivity index (χ1v) is 4.05. The number of rotatable bonds is 3. The molecule has 4 nitrogen and oxygen atoms in total. The lowest BCUT2D eigenvalue weighted by Crippen LogP contribution is -2.30. The van der Waals surface area contributed by atoms with Crippen molar-refractivity contribution in [3.8, 4) is 0 Å². The minimum atomic E-state index is -0.462. The Balaban J connectivity index is 2.90. The Morgan fingerprint density at radius 3 is 2.71 bits per heavy atom. The van der Waals surface area contributed by atoms with Crippen molar-refractivity contribution in [2.24, 2.45) is 5.73 Å². The van der Waals surface area contributed by atoms with E-state index in [2.05, 4.69) is 0 Å². The summed E-state index contributed by atoms with van der Waals surface area (Å²) >= 11 is 0. The molecule has 0 bridgehead atoms. The van der Waals surface area contributed by atoms with Gasteiger partial charge in [0, 0.05) is 7.05 Å². The number of carbonyl (C=O) groups is 1. The number of hydrogen-bond donors (Lipinski definition) is 2. The van der Waals surface area contributed by atoms with Crippen LogP contribution >= 0.6 is 0 Å². The van der Waals surface area contributed by atoms with Gasteiger partial charge in [0.15, 0.2) is 0 Å². The number of benzene rings is 1. The van der Waals surface area contributed by atoms with E-state index in [9.17, 15) is 9.18 Å². The van der Waals surface area contributed by atoms with Gasteiger partial charge in [-0.3, -0.25) is 4.79 Å². The third-order valence-corrected chi connectivity index (χ3v) is 1.79. The Bertz CT molecular complexity index is 354. The van der Waals surface area contributed by atoms with Crippen LogP contribution in [0.1, 0.15) is 0 Å². The summed E-state index contributed by atoms with van der Waals surface area (Å²) in [6.07, 6.45) is 0. The Kier molecular flexibility index (Phi) is 2.91. The Labute approximate surface area is 81.3 Å². The van der Waals surface area contributed by atoms with Crippen molar-refractivity contribution >= 4 is 17.3 Å². The first-order chi connectivity index (χ1) is 6.50. The maximum absolute atomic E-state index is 12.7. The van der Waals surface area contributed by atoms with Crippen molar-refractivity contribution in [2.75, 3.05) is 24.2 Å². The molecular formula is C9H12FN3O. The van der Waals surface area contributed by atoms with E-state index in [1.165, 1.54) is 18.2 Å². The van der Waals surface area contributed by atoms with Crippen molar-refractivity contribution < 1.29 is 9.18 Å². The van der Waals surface area contributed by atoms with Crippen LogP contribution in [0, 0.1) is 5.82 Å². The molecule has 1 amide bonds. The van der Waals surface area contributed by atoms with Crippen LogP contribution in [-0.2, 0) is 4.79 Å². The second-order valence-electron chi connectivity index (χ2n) is 3.03. The highest BCUT2D eigenvalue weighted by Crippen LogP contribution is 2.22. The standard InChI is InChI=1S/C9H12FN3O/c1-13(5-9(12)14)8-3-2-6(10)4-7(8)11/h2-4H,5,11H2,1H3,(H2,12,14). The van der Waals surface area contributed by atoms with E-state index < -0.39 is 11.7 Å². The van der Waals surface area contributed by atoms with Crippen LogP contribution in [-0.4, -0.2) is 19.5 Å². The van der Waals surface area contributed by atoms with Gasteiger partial charge >= 0.3 is 0 Å². The number of nitrogens with two attached hydrogens (primary N) is 2.